The summed E-state index contributed by atoms with van der Waals surface area (Å²) < 4.78 is 2.90. The van der Waals surface area contributed by atoms with E-state index in [1.54, 1.807) is 13.1 Å². The molecule has 3 amide bonds. The molecule has 37 heavy (non-hydrogen) atoms. The Kier molecular flexibility index (Phi) is 6.52. The van der Waals surface area contributed by atoms with Crippen molar-refractivity contribution in [1.82, 2.24) is 19.4 Å². The smallest absolute Gasteiger partial charge is 0.329 e. The van der Waals surface area contributed by atoms with Gasteiger partial charge in [0, 0.05) is 19.4 Å². The first kappa shape index (κ1) is 26.0. The Balaban J connectivity index is 1.46. The van der Waals surface area contributed by atoms with E-state index in [1.807, 2.05) is 12.1 Å². The van der Waals surface area contributed by atoms with E-state index in [0.717, 1.165) is 37.7 Å². The van der Waals surface area contributed by atoms with Gasteiger partial charge in [-0.2, -0.15) is 0 Å². The third-order valence-electron chi connectivity index (χ3n) is 8.26. The van der Waals surface area contributed by atoms with Gasteiger partial charge < -0.3 is 4.90 Å². The van der Waals surface area contributed by atoms with Crippen molar-refractivity contribution in [2.45, 2.75) is 80.4 Å². The first-order valence-electron chi connectivity index (χ1n) is 12.9. The number of likely N-dealkylation sites (tertiary alicyclic amines) is 1. The van der Waals surface area contributed by atoms with Gasteiger partial charge in [0.25, 0.3) is 0 Å². The number of nitrogens with zero attached hydrogens (tertiary/aromatic N) is 3. The van der Waals surface area contributed by atoms with Gasteiger partial charge in [-0.15, -0.1) is 0 Å². The topological polar surface area (TPSA) is 93.4 Å². The van der Waals surface area contributed by atoms with Crippen molar-refractivity contribution in [3.8, 4) is 0 Å². The van der Waals surface area contributed by atoms with Crippen LogP contribution in [0.3, 0.4) is 0 Å². The summed E-state index contributed by atoms with van der Waals surface area (Å²) in [5, 5.41) is -0.770. The predicted molar refractivity (Wildman–Crippen MR) is 142 cm³/mol. The third kappa shape index (κ3) is 4.50. The summed E-state index contributed by atoms with van der Waals surface area (Å²) in [5.41, 5.74) is 1.67. The predicted octanol–water partition coefficient (Wildman–Crippen LogP) is 0.586. The van der Waals surface area contributed by atoms with E-state index in [9.17, 15) is 19.2 Å². The molecule has 12 heteroatoms. The molecule has 3 fully saturated rings. The van der Waals surface area contributed by atoms with Gasteiger partial charge in [0.15, 0.2) is 0 Å². The lowest BCUT2D eigenvalue weighted by Gasteiger charge is -2.58. The van der Waals surface area contributed by atoms with E-state index in [-0.39, 0.29) is 55.0 Å². The van der Waals surface area contributed by atoms with Gasteiger partial charge in [-0.3, -0.25) is 28.8 Å². The molecule has 1 saturated carbocycles. The second-order valence-corrected chi connectivity index (χ2v) is 11.0. The summed E-state index contributed by atoms with van der Waals surface area (Å²) in [6, 6.07) is 4.71. The summed E-state index contributed by atoms with van der Waals surface area (Å²) in [5.74, 6) is -1.46. The molecular weight excluding hydrogens is 464 g/mol. The minimum absolute atomic E-state index is 0.166. The molecule has 1 atom stereocenters. The van der Waals surface area contributed by atoms with Crippen molar-refractivity contribution >= 4 is 60.1 Å². The van der Waals surface area contributed by atoms with Crippen molar-refractivity contribution in [1.29, 1.82) is 0 Å². The third-order valence-corrected chi connectivity index (χ3v) is 8.26. The Morgan fingerprint density at radius 1 is 0.946 bits per heavy atom. The Hall–Kier alpha value is -2.64. The van der Waals surface area contributed by atoms with E-state index >= 15 is 0 Å². The standard InChI is InChI=1S/C25H28B4N4O4/c1-31-19-11-15(7-8-17(19)32(23(31)37)18-9-10-20(34)30-21(18)35)16-12-24(26,27)33(25(28,29)13-16)22(36)14-5-3-2-4-6-14/h7-8,11,14,16,18H,2-6,9-10,12-13H2,1H3,(H,30,34,35). The number of carbonyl (C=O) groups is 3. The van der Waals surface area contributed by atoms with Gasteiger partial charge in [0.1, 0.15) is 6.04 Å². The first-order valence-corrected chi connectivity index (χ1v) is 12.9. The van der Waals surface area contributed by atoms with Crippen molar-refractivity contribution < 1.29 is 14.4 Å². The zero-order valence-electron chi connectivity index (χ0n) is 21.1. The maximum absolute atomic E-state index is 13.4. The molecule has 1 aromatic heterocycles. The number of benzene rings is 1. The number of nitrogens with one attached hydrogen (secondary N) is 1. The molecular formula is C25H28B4N4O4. The molecule has 184 valence electrons. The van der Waals surface area contributed by atoms with Crippen LogP contribution in [-0.2, 0) is 21.4 Å². The van der Waals surface area contributed by atoms with Gasteiger partial charge in [0.05, 0.1) is 42.4 Å². The van der Waals surface area contributed by atoms with E-state index in [0.29, 0.717) is 11.0 Å². The number of imide groups is 1. The van der Waals surface area contributed by atoms with Crippen molar-refractivity contribution in [2.24, 2.45) is 13.0 Å². The van der Waals surface area contributed by atoms with Crippen molar-refractivity contribution in [3.63, 3.8) is 0 Å². The number of amides is 3. The molecule has 1 aliphatic carbocycles. The lowest BCUT2D eigenvalue weighted by Crippen LogP contribution is -2.69. The van der Waals surface area contributed by atoms with Crippen LogP contribution in [0.1, 0.15) is 75.3 Å². The lowest BCUT2D eigenvalue weighted by atomic mass is 9.44. The SMILES string of the molecule is [B]C1([B])CC(c2ccc3c(c2)n(C)c(=O)n3C2CCC(=O)NC2=O)CC([B])([B])N1C(=O)C1CCCCC1. The summed E-state index contributed by atoms with van der Waals surface area (Å²) in [6.45, 7) is 0. The van der Waals surface area contributed by atoms with Gasteiger partial charge in [-0.1, -0.05) is 25.3 Å². The van der Waals surface area contributed by atoms with E-state index in [1.165, 1.54) is 14.0 Å². The maximum Gasteiger partial charge on any atom is 0.329 e. The average Bonchev–Trinajstić information content (AvgIpc) is 3.07. The van der Waals surface area contributed by atoms with Crippen LogP contribution in [-0.4, -0.2) is 73.8 Å². The number of piperidine rings is 2. The Labute approximate surface area is 221 Å². The fourth-order valence-electron chi connectivity index (χ4n) is 6.47. The van der Waals surface area contributed by atoms with E-state index in [2.05, 4.69) is 5.32 Å². The number of fused-ring (bicyclic) bond motifs is 1. The monoisotopic (exact) mass is 492 g/mol. The highest BCUT2D eigenvalue weighted by Crippen LogP contribution is 2.43. The minimum Gasteiger partial charge on any atom is -0.366 e. The minimum atomic E-state index is -1.54. The number of aromatic nitrogens is 2. The van der Waals surface area contributed by atoms with Crippen LogP contribution < -0.4 is 11.0 Å². The highest BCUT2D eigenvalue weighted by molar-refractivity contribution is 6.46. The molecule has 2 aromatic rings. The Bertz CT molecular complexity index is 1310. The molecule has 3 aliphatic rings. The highest BCUT2D eigenvalue weighted by atomic mass is 16.2. The lowest BCUT2D eigenvalue weighted by molar-refractivity contribution is -0.142. The number of hydrogen-bond donors (Lipinski definition) is 1. The quantitative estimate of drug-likeness (QED) is 0.502. The summed E-state index contributed by atoms with van der Waals surface area (Å²) in [7, 11) is 27.7. The van der Waals surface area contributed by atoms with Crippen LogP contribution in [0.25, 0.3) is 11.0 Å². The zero-order valence-corrected chi connectivity index (χ0v) is 21.1. The largest absolute Gasteiger partial charge is 0.366 e. The normalized spacial score (nSPS) is 24.8. The number of aryl methyl sites for hydroxylation is 1. The molecule has 0 spiro atoms. The summed E-state index contributed by atoms with van der Waals surface area (Å²) >= 11 is 0. The van der Waals surface area contributed by atoms with Crippen LogP contribution >= 0.6 is 0 Å². The molecule has 2 saturated heterocycles. The molecule has 5 rings (SSSR count). The zero-order chi connectivity index (χ0) is 26.7. The number of rotatable bonds is 3. The fourth-order valence-corrected chi connectivity index (χ4v) is 6.47. The van der Waals surface area contributed by atoms with Gasteiger partial charge >= 0.3 is 5.69 Å². The van der Waals surface area contributed by atoms with Gasteiger partial charge in [-0.05, 0) is 66.4 Å². The molecule has 8 nitrogen and oxygen atoms in total. The van der Waals surface area contributed by atoms with Crippen LogP contribution in [0.15, 0.2) is 23.0 Å². The van der Waals surface area contributed by atoms with Crippen molar-refractivity contribution in [3.05, 3.63) is 34.2 Å². The molecule has 1 aromatic carbocycles. The summed E-state index contributed by atoms with van der Waals surface area (Å²) in [4.78, 5) is 51.9. The Morgan fingerprint density at radius 2 is 1.59 bits per heavy atom. The Morgan fingerprint density at radius 3 is 2.22 bits per heavy atom. The molecule has 1 unspecified atom stereocenters. The molecule has 2 aliphatic heterocycles. The molecule has 3 heterocycles. The maximum atomic E-state index is 13.4. The van der Waals surface area contributed by atoms with Gasteiger partial charge in [0.2, 0.25) is 17.7 Å². The van der Waals surface area contributed by atoms with Gasteiger partial charge in [-0.25, -0.2) is 4.79 Å². The molecule has 1 N–H and O–H groups in total. The van der Waals surface area contributed by atoms with Crippen molar-refractivity contribution in [2.75, 3.05) is 0 Å². The number of hydrogen-bond acceptors (Lipinski definition) is 4. The van der Waals surface area contributed by atoms with Crippen LogP contribution in [0.5, 0.6) is 0 Å². The van der Waals surface area contributed by atoms with Crippen LogP contribution in [0.2, 0.25) is 0 Å². The van der Waals surface area contributed by atoms with Crippen LogP contribution in [0.4, 0.5) is 0 Å². The average molecular weight is 492 g/mol. The highest BCUT2D eigenvalue weighted by Gasteiger charge is 2.47. The second kappa shape index (κ2) is 9.28. The fraction of sp³-hybridized carbons (Fsp3) is 0.600. The van der Waals surface area contributed by atoms with E-state index < -0.39 is 22.6 Å². The summed E-state index contributed by atoms with van der Waals surface area (Å²) in [6.07, 6.45) is 5.53. The molecule has 0 bridgehead atoms. The second-order valence-electron chi connectivity index (χ2n) is 11.0. The van der Waals surface area contributed by atoms with Crippen LogP contribution in [0, 0.1) is 5.92 Å². The number of carbonyl (C=O) groups excluding carboxylic acids is 3. The van der Waals surface area contributed by atoms with E-state index in [4.69, 9.17) is 31.4 Å². The molecule has 8 radical (unpaired) electrons. The number of imidazole rings is 1. The first-order chi connectivity index (χ1) is 17.4.